The minimum Gasteiger partial charge on any atom is -0.338 e. The summed E-state index contributed by atoms with van der Waals surface area (Å²) in [5, 5.41) is -0.0763. The maximum atomic E-state index is 13.3. The number of carbonyl (C=O) groups excluding carboxylic acids is 2. The topological polar surface area (TPSA) is 77.6 Å². The van der Waals surface area contributed by atoms with Gasteiger partial charge in [0.2, 0.25) is 5.91 Å². The molecule has 0 spiro atoms. The molecular weight excluding hydrogens is 397 g/mol. The van der Waals surface area contributed by atoms with Crippen molar-refractivity contribution in [2.24, 2.45) is 0 Å². The number of hydrogen-bond acceptors (Lipinski definition) is 5. The van der Waals surface area contributed by atoms with Crippen molar-refractivity contribution in [1.82, 2.24) is 25.6 Å². The maximum absolute atomic E-state index is 13.3. The van der Waals surface area contributed by atoms with Crippen LogP contribution in [0.4, 0.5) is 4.39 Å². The van der Waals surface area contributed by atoms with Gasteiger partial charge in [-0.25, -0.2) is 15.2 Å². The number of rotatable bonds is 3. The smallest absolute Gasteiger partial charge is 0.254 e. The van der Waals surface area contributed by atoms with Crippen LogP contribution in [0.3, 0.4) is 0 Å². The van der Waals surface area contributed by atoms with E-state index in [0.29, 0.717) is 38.2 Å². The highest BCUT2D eigenvalue weighted by molar-refractivity contribution is 6.31. The third-order valence-corrected chi connectivity index (χ3v) is 5.62. The fourth-order valence-corrected chi connectivity index (χ4v) is 3.86. The third kappa shape index (κ3) is 4.24. The predicted molar refractivity (Wildman–Crippen MR) is 106 cm³/mol. The van der Waals surface area contributed by atoms with Crippen LogP contribution in [0.15, 0.2) is 42.7 Å². The molecule has 4 rings (SSSR count). The third-order valence-electron chi connectivity index (χ3n) is 5.33. The summed E-state index contributed by atoms with van der Waals surface area (Å²) in [7, 11) is 0. The molecule has 2 saturated heterocycles. The zero-order valence-corrected chi connectivity index (χ0v) is 16.4. The molecule has 2 atom stereocenters. The first kappa shape index (κ1) is 19.8. The second kappa shape index (κ2) is 8.44. The molecule has 0 aliphatic carbocycles. The first-order valence-electron chi connectivity index (χ1n) is 9.47. The molecule has 152 valence electrons. The molecule has 29 heavy (non-hydrogen) atoms. The van der Waals surface area contributed by atoms with Gasteiger partial charge in [-0.15, -0.1) is 0 Å². The van der Waals surface area contributed by atoms with Crippen LogP contribution < -0.4 is 10.9 Å². The lowest BCUT2D eigenvalue weighted by Crippen LogP contribution is -2.54. The number of hydrogen-bond donors (Lipinski definition) is 2. The molecule has 0 saturated carbocycles. The van der Waals surface area contributed by atoms with Crippen LogP contribution in [0.1, 0.15) is 28.4 Å². The zero-order valence-electron chi connectivity index (χ0n) is 15.6. The molecule has 9 heteroatoms. The number of piperazine rings is 1. The van der Waals surface area contributed by atoms with Crippen LogP contribution >= 0.6 is 11.6 Å². The zero-order chi connectivity index (χ0) is 20.4. The Kier molecular flexibility index (Phi) is 5.75. The van der Waals surface area contributed by atoms with E-state index < -0.39 is 5.82 Å². The van der Waals surface area contributed by atoms with E-state index in [1.54, 1.807) is 22.2 Å². The minimum absolute atomic E-state index is 0.0146. The summed E-state index contributed by atoms with van der Waals surface area (Å²) in [5.74, 6) is -0.752. The van der Waals surface area contributed by atoms with Crippen LogP contribution in [-0.4, -0.2) is 58.8 Å². The lowest BCUT2D eigenvalue weighted by atomic mass is 10.0. The standard InChI is InChI=1S/C20H21ClFN5O2/c21-15-10-13(3-4-16(15)22)19(28)26-6-8-27(9-7-26)20(29)18-11-17(24-25-18)14-2-1-5-23-12-14/h1-5,10,12,17-18,24-25H,6-9,11H2. The van der Waals surface area contributed by atoms with Gasteiger partial charge < -0.3 is 9.80 Å². The molecule has 2 N–H and O–H groups in total. The highest BCUT2D eigenvalue weighted by Crippen LogP contribution is 2.23. The minimum atomic E-state index is -0.555. The molecule has 2 aliphatic heterocycles. The SMILES string of the molecule is O=C(c1ccc(F)c(Cl)c1)N1CCN(C(=O)C2CC(c3cccnc3)NN2)CC1. The number of hydrazine groups is 1. The first-order chi connectivity index (χ1) is 14.0. The van der Waals surface area contributed by atoms with Gasteiger partial charge in [0.25, 0.3) is 5.91 Å². The highest BCUT2D eigenvalue weighted by atomic mass is 35.5. The number of carbonyl (C=O) groups is 2. The van der Waals surface area contributed by atoms with Gasteiger partial charge in [-0.1, -0.05) is 17.7 Å². The van der Waals surface area contributed by atoms with Gasteiger partial charge >= 0.3 is 0 Å². The molecule has 2 unspecified atom stereocenters. The number of halogens is 2. The maximum Gasteiger partial charge on any atom is 0.254 e. The van der Waals surface area contributed by atoms with Gasteiger partial charge in [0, 0.05) is 50.2 Å². The van der Waals surface area contributed by atoms with Crippen molar-refractivity contribution < 1.29 is 14.0 Å². The average Bonchev–Trinajstić information content (AvgIpc) is 3.26. The number of nitrogens with zero attached hydrogens (tertiary/aromatic N) is 3. The first-order valence-corrected chi connectivity index (χ1v) is 9.85. The normalized spacial score (nSPS) is 22.0. The molecule has 1 aromatic carbocycles. The summed E-state index contributed by atoms with van der Waals surface area (Å²) in [5.41, 5.74) is 7.61. The molecule has 3 heterocycles. The number of nitrogens with one attached hydrogen (secondary N) is 2. The van der Waals surface area contributed by atoms with Crippen molar-refractivity contribution in [3.63, 3.8) is 0 Å². The van der Waals surface area contributed by atoms with Crippen molar-refractivity contribution >= 4 is 23.4 Å². The van der Waals surface area contributed by atoms with E-state index in [-0.39, 0.29) is 28.9 Å². The molecule has 7 nitrogen and oxygen atoms in total. The van der Waals surface area contributed by atoms with Crippen molar-refractivity contribution in [3.05, 3.63) is 64.7 Å². The number of aromatic nitrogens is 1. The number of amides is 2. The summed E-state index contributed by atoms with van der Waals surface area (Å²) in [6.07, 6.45) is 4.14. The summed E-state index contributed by atoms with van der Waals surface area (Å²) in [4.78, 5) is 33.0. The molecule has 2 aromatic rings. The average molecular weight is 418 g/mol. The van der Waals surface area contributed by atoms with E-state index >= 15 is 0 Å². The lowest BCUT2D eigenvalue weighted by molar-refractivity contribution is -0.134. The van der Waals surface area contributed by atoms with E-state index in [9.17, 15) is 14.0 Å². The van der Waals surface area contributed by atoms with Crippen LogP contribution in [-0.2, 0) is 4.79 Å². The fourth-order valence-electron chi connectivity index (χ4n) is 3.68. The van der Waals surface area contributed by atoms with Gasteiger partial charge in [0.15, 0.2) is 0 Å². The Morgan fingerprint density at radius 3 is 2.55 bits per heavy atom. The van der Waals surface area contributed by atoms with Gasteiger partial charge in [-0.2, -0.15) is 0 Å². The Morgan fingerprint density at radius 1 is 1.10 bits per heavy atom. The Balaban J connectivity index is 1.32. The van der Waals surface area contributed by atoms with Gasteiger partial charge in [0.1, 0.15) is 11.9 Å². The largest absolute Gasteiger partial charge is 0.338 e. The van der Waals surface area contributed by atoms with E-state index in [0.717, 1.165) is 5.56 Å². The van der Waals surface area contributed by atoms with Crippen LogP contribution in [0, 0.1) is 5.82 Å². The molecular formula is C20H21ClFN5O2. The van der Waals surface area contributed by atoms with Crippen molar-refractivity contribution in [3.8, 4) is 0 Å². The van der Waals surface area contributed by atoms with E-state index in [1.807, 2.05) is 12.1 Å². The van der Waals surface area contributed by atoms with Crippen molar-refractivity contribution in [2.75, 3.05) is 26.2 Å². The molecule has 0 radical (unpaired) electrons. The monoisotopic (exact) mass is 417 g/mol. The Bertz CT molecular complexity index is 905. The second-order valence-electron chi connectivity index (χ2n) is 7.16. The van der Waals surface area contributed by atoms with E-state index in [4.69, 9.17) is 11.6 Å². The predicted octanol–water partition coefficient (Wildman–Crippen LogP) is 1.77. The van der Waals surface area contributed by atoms with Gasteiger partial charge in [-0.3, -0.25) is 14.6 Å². The van der Waals surface area contributed by atoms with Gasteiger partial charge in [0.05, 0.1) is 5.02 Å². The molecule has 2 fully saturated rings. The van der Waals surface area contributed by atoms with E-state index in [2.05, 4.69) is 15.8 Å². The van der Waals surface area contributed by atoms with Crippen LogP contribution in [0.25, 0.3) is 0 Å². The lowest BCUT2D eigenvalue weighted by Gasteiger charge is -2.36. The van der Waals surface area contributed by atoms with Crippen LogP contribution in [0.5, 0.6) is 0 Å². The Morgan fingerprint density at radius 2 is 1.86 bits per heavy atom. The summed E-state index contributed by atoms with van der Waals surface area (Å²) >= 11 is 5.77. The highest BCUT2D eigenvalue weighted by Gasteiger charge is 2.34. The summed E-state index contributed by atoms with van der Waals surface area (Å²) < 4.78 is 13.3. The molecule has 1 aromatic heterocycles. The fraction of sp³-hybridized carbons (Fsp3) is 0.350. The molecule has 2 aliphatic rings. The van der Waals surface area contributed by atoms with E-state index in [1.165, 1.54) is 18.2 Å². The van der Waals surface area contributed by atoms with Crippen LogP contribution in [0.2, 0.25) is 5.02 Å². The van der Waals surface area contributed by atoms with Gasteiger partial charge in [-0.05, 0) is 36.2 Å². The second-order valence-corrected chi connectivity index (χ2v) is 7.57. The Hall–Kier alpha value is -2.55. The number of pyridine rings is 1. The number of benzene rings is 1. The molecule has 2 amide bonds. The Labute approximate surface area is 172 Å². The molecule has 0 bridgehead atoms. The summed E-state index contributed by atoms with van der Waals surface area (Å²) in [6.45, 7) is 1.75. The summed E-state index contributed by atoms with van der Waals surface area (Å²) in [6, 6.07) is 7.51. The van der Waals surface area contributed by atoms with Crippen molar-refractivity contribution in [1.29, 1.82) is 0 Å². The quantitative estimate of drug-likeness (QED) is 0.795. The van der Waals surface area contributed by atoms with Crippen molar-refractivity contribution in [2.45, 2.75) is 18.5 Å².